The number of nitrogens with zero attached hydrogens (tertiary/aromatic N) is 2. The molecule has 0 fully saturated rings. The molecular formula is C12H12N4OS. The Morgan fingerprint density at radius 3 is 2.83 bits per heavy atom. The number of nitrogens with two attached hydrogens (primary N) is 1. The second-order valence-corrected chi connectivity index (χ2v) is 3.91. The van der Waals surface area contributed by atoms with Gasteiger partial charge in [-0.1, -0.05) is 18.3 Å². The average Bonchev–Trinajstić information content (AvgIpc) is 2.39. The van der Waals surface area contributed by atoms with Crippen molar-refractivity contribution in [3.8, 4) is 5.75 Å². The lowest BCUT2D eigenvalue weighted by atomic mass is 10.3. The van der Waals surface area contributed by atoms with Crippen LogP contribution in [-0.2, 0) is 0 Å². The first kappa shape index (κ1) is 12.3. The molecule has 0 radical (unpaired) electrons. The van der Waals surface area contributed by atoms with Crippen LogP contribution in [0.1, 0.15) is 5.69 Å². The third-order valence-electron chi connectivity index (χ3n) is 2.26. The summed E-state index contributed by atoms with van der Waals surface area (Å²) in [5.74, 6) is 1.28. The molecule has 92 valence electrons. The van der Waals surface area contributed by atoms with Gasteiger partial charge in [-0.15, -0.1) is 0 Å². The van der Waals surface area contributed by atoms with Crippen molar-refractivity contribution in [3.63, 3.8) is 0 Å². The van der Waals surface area contributed by atoms with E-state index in [4.69, 9.17) is 22.7 Å². The molecule has 1 aromatic carbocycles. The van der Waals surface area contributed by atoms with Crippen LogP contribution in [0.3, 0.4) is 0 Å². The van der Waals surface area contributed by atoms with E-state index in [9.17, 15) is 0 Å². The van der Waals surface area contributed by atoms with E-state index in [0.717, 1.165) is 11.4 Å². The lowest BCUT2D eigenvalue weighted by molar-refractivity contribution is 0.415. The fraction of sp³-hybridized carbons (Fsp3) is 0.0833. The van der Waals surface area contributed by atoms with Gasteiger partial charge < -0.3 is 15.8 Å². The van der Waals surface area contributed by atoms with Crippen LogP contribution in [0, 0.1) is 0 Å². The van der Waals surface area contributed by atoms with Gasteiger partial charge in [0.25, 0.3) is 0 Å². The van der Waals surface area contributed by atoms with Crippen molar-refractivity contribution in [1.29, 1.82) is 0 Å². The van der Waals surface area contributed by atoms with E-state index >= 15 is 0 Å². The third kappa shape index (κ3) is 2.72. The van der Waals surface area contributed by atoms with Crippen LogP contribution in [0.15, 0.2) is 36.7 Å². The highest BCUT2D eigenvalue weighted by Gasteiger charge is 2.08. The molecular weight excluding hydrogens is 248 g/mol. The minimum Gasteiger partial charge on any atom is -0.497 e. The maximum Gasteiger partial charge on any atom is 0.159 e. The Labute approximate surface area is 110 Å². The summed E-state index contributed by atoms with van der Waals surface area (Å²) in [5.41, 5.74) is 6.88. The summed E-state index contributed by atoms with van der Waals surface area (Å²) in [6.45, 7) is 0. The van der Waals surface area contributed by atoms with E-state index < -0.39 is 0 Å². The van der Waals surface area contributed by atoms with E-state index in [0.29, 0.717) is 11.5 Å². The van der Waals surface area contributed by atoms with E-state index in [1.807, 2.05) is 24.3 Å². The number of methoxy groups -OCH3 is 1. The summed E-state index contributed by atoms with van der Waals surface area (Å²) in [7, 11) is 1.61. The van der Waals surface area contributed by atoms with E-state index in [1.165, 1.54) is 0 Å². The number of anilines is 2. The molecule has 2 rings (SSSR count). The van der Waals surface area contributed by atoms with Crippen molar-refractivity contribution in [2.45, 2.75) is 0 Å². The van der Waals surface area contributed by atoms with Gasteiger partial charge in [0, 0.05) is 24.1 Å². The summed E-state index contributed by atoms with van der Waals surface area (Å²) in [6, 6.07) is 7.47. The zero-order valence-corrected chi connectivity index (χ0v) is 10.6. The Morgan fingerprint density at radius 2 is 2.11 bits per heavy atom. The molecule has 1 heterocycles. The summed E-state index contributed by atoms with van der Waals surface area (Å²) in [4.78, 5) is 8.47. The first-order valence-corrected chi connectivity index (χ1v) is 5.63. The molecule has 0 aliphatic carbocycles. The number of nitrogens with one attached hydrogen (secondary N) is 1. The molecule has 2 aromatic rings. The van der Waals surface area contributed by atoms with Crippen LogP contribution in [0.25, 0.3) is 0 Å². The number of hydrogen-bond donors (Lipinski definition) is 2. The smallest absolute Gasteiger partial charge is 0.159 e. The van der Waals surface area contributed by atoms with Gasteiger partial charge in [0.05, 0.1) is 7.11 Å². The Hall–Kier alpha value is -2.21. The zero-order chi connectivity index (χ0) is 13.0. The Bertz CT molecular complexity index is 574. The Kier molecular flexibility index (Phi) is 3.69. The van der Waals surface area contributed by atoms with Crippen molar-refractivity contribution in [2.24, 2.45) is 5.73 Å². The van der Waals surface area contributed by atoms with Gasteiger partial charge in [0.15, 0.2) is 5.82 Å². The number of aromatic nitrogens is 2. The minimum atomic E-state index is 0.202. The molecule has 3 N–H and O–H groups in total. The maximum atomic E-state index is 5.59. The molecule has 0 atom stereocenters. The predicted octanol–water partition coefficient (Wildman–Crippen LogP) is 1.86. The molecule has 0 saturated carbocycles. The largest absolute Gasteiger partial charge is 0.497 e. The van der Waals surface area contributed by atoms with Crippen molar-refractivity contribution >= 4 is 28.7 Å². The normalized spacial score (nSPS) is 9.83. The van der Waals surface area contributed by atoms with Gasteiger partial charge in [0.1, 0.15) is 16.4 Å². The van der Waals surface area contributed by atoms with E-state index in [2.05, 4.69) is 15.3 Å². The standard InChI is InChI=1S/C12H12N4OS/c1-17-9-4-2-3-8(7-9)16-12-10(11(13)18)14-5-6-15-12/h2-7H,1H3,(H2,13,18)(H,15,16). The number of benzene rings is 1. The lowest BCUT2D eigenvalue weighted by Gasteiger charge is -2.09. The van der Waals surface area contributed by atoms with Crippen LogP contribution in [0.2, 0.25) is 0 Å². The highest BCUT2D eigenvalue weighted by Crippen LogP contribution is 2.21. The van der Waals surface area contributed by atoms with Gasteiger partial charge in [-0.3, -0.25) is 0 Å². The van der Waals surface area contributed by atoms with Gasteiger partial charge in [-0.2, -0.15) is 0 Å². The predicted molar refractivity (Wildman–Crippen MR) is 74.2 cm³/mol. The molecule has 0 saturated heterocycles. The highest BCUT2D eigenvalue weighted by atomic mass is 32.1. The molecule has 0 aliphatic heterocycles. The highest BCUT2D eigenvalue weighted by molar-refractivity contribution is 7.80. The van der Waals surface area contributed by atoms with Crippen LogP contribution in [-0.4, -0.2) is 22.1 Å². The summed E-state index contributed by atoms with van der Waals surface area (Å²) >= 11 is 4.92. The fourth-order valence-corrected chi connectivity index (χ4v) is 1.60. The van der Waals surface area contributed by atoms with Crippen LogP contribution in [0.5, 0.6) is 5.75 Å². The molecule has 1 aromatic heterocycles. The molecule has 0 amide bonds. The van der Waals surface area contributed by atoms with Crippen molar-refractivity contribution in [3.05, 3.63) is 42.4 Å². The topological polar surface area (TPSA) is 73.1 Å². The SMILES string of the molecule is COc1cccc(Nc2nccnc2C(N)=S)c1. The van der Waals surface area contributed by atoms with Gasteiger partial charge >= 0.3 is 0 Å². The monoisotopic (exact) mass is 260 g/mol. The van der Waals surface area contributed by atoms with Crippen molar-refractivity contribution in [1.82, 2.24) is 9.97 Å². The summed E-state index contributed by atoms with van der Waals surface area (Å²) < 4.78 is 5.14. The number of rotatable bonds is 4. The first-order chi connectivity index (χ1) is 8.70. The molecule has 5 nitrogen and oxygen atoms in total. The number of thiocarbonyl (C=S) groups is 1. The number of ether oxygens (including phenoxy) is 1. The maximum absolute atomic E-state index is 5.59. The Balaban J connectivity index is 2.31. The first-order valence-electron chi connectivity index (χ1n) is 5.22. The summed E-state index contributed by atoms with van der Waals surface area (Å²) in [6.07, 6.45) is 3.12. The fourth-order valence-electron chi connectivity index (χ4n) is 1.45. The second kappa shape index (κ2) is 5.42. The van der Waals surface area contributed by atoms with Crippen LogP contribution in [0.4, 0.5) is 11.5 Å². The number of hydrogen-bond acceptors (Lipinski definition) is 5. The second-order valence-electron chi connectivity index (χ2n) is 3.47. The quantitative estimate of drug-likeness (QED) is 0.817. The average molecular weight is 260 g/mol. The molecule has 6 heteroatoms. The molecule has 0 bridgehead atoms. The third-order valence-corrected chi connectivity index (χ3v) is 2.46. The van der Waals surface area contributed by atoms with E-state index in [-0.39, 0.29) is 4.99 Å². The zero-order valence-electron chi connectivity index (χ0n) is 9.75. The molecule has 18 heavy (non-hydrogen) atoms. The van der Waals surface area contributed by atoms with E-state index in [1.54, 1.807) is 19.5 Å². The van der Waals surface area contributed by atoms with Crippen molar-refractivity contribution in [2.75, 3.05) is 12.4 Å². The molecule has 0 aliphatic rings. The lowest BCUT2D eigenvalue weighted by Crippen LogP contribution is -2.14. The molecule has 0 unspecified atom stereocenters. The van der Waals surface area contributed by atoms with Gasteiger partial charge in [0.2, 0.25) is 0 Å². The summed E-state index contributed by atoms with van der Waals surface area (Å²) in [5, 5.41) is 3.11. The van der Waals surface area contributed by atoms with Crippen LogP contribution >= 0.6 is 12.2 Å². The van der Waals surface area contributed by atoms with Crippen LogP contribution < -0.4 is 15.8 Å². The van der Waals surface area contributed by atoms with Crippen molar-refractivity contribution < 1.29 is 4.74 Å². The van der Waals surface area contributed by atoms with Gasteiger partial charge in [-0.05, 0) is 12.1 Å². The molecule has 0 spiro atoms. The minimum absolute atomic E-state index is 0.202. The van der Waals surface area contributed by atoms with Gasteiger partial charge in [-0.25, -0.2) is 9.97 Å². The Morgan fingerprint density at radius 1 is 1.33 bits per heavy atom.